The maximum atomic E-state index is 12.7. The van der Waals surface area contributed by atoms with Crippen LogP contribution in [0.5, 0.6) is 0 Å². The first-order chi connectivity index (χ1) is 13.0. The van der Waals surface area contributed by atoms with Gasteiger partial charge >= 0.3 is 0 Å². The lowest BCUT2D eigenvalue weighted by Gasteiger charge is -2.34. The van der Waals surface area contributed by atoms with Gasteiger partial charge in [-0.3, -0.25) is 14.5 Å². The summed E-state index contributed by atoms with van der Waals surface area (Å²) in [6.45, 7) is 7.02. The number of nitrogens with one attached hydrogen (secondary N) is 1. The molecule has 3 heterocycles. The normalized spacial score (nSPS) is 16.3. The van der Waals surface area contributed by atoms with Gasteiger partial charge in [0, 0.05) is 37.6 Å². The Morgan fingerprint density at radius 3 is 2.67 bits per heavy atom. The molecule has 0 spiro atoms. The van der Waals surface area contributed by atoms with Gasteiger partial charge in [-0.25, -0.2) is 4.98 Å². The van der Waals surface area contributed by atoms with Crippen LogP contribution in [-0.2, 0) is 4.79 Å². The summed E-state index contributed by atoms with van der Waals surface area (Å²) in [5.41, 5.74) is 0.475. The third kappa shape index (κ3) is 5.28. The zero-order chi connectivity index (χ0) is 19.4. The molecule has 1 fully saturated rings. The van der Waals surface area contributed by atoms with Crippen LogP contribution in [0.25, 0.3) is 9.88 Å². The van der Waals surface area contributed by atoms with Crippen molar-refractivity contribution in [1.82, 2.24) is 20.1 Å². The molecule has 2 aromatic heterocycles. The smallest absolute Gasteiger partial charge is 0.273 e. The van der Waals surface area contributed by atoms with Crippen LogP contribution in [0.3, 0.4) is 0 Å². The Morgan fingerprint density at radius 1 is 1.30 bits per heavy atom. The molecule has 1 aliphatic heterocycles. The van der Waals surface area contributed by atoms with Crippen molar-refractivity contribution in [3.8, 4) is 9.88 Å². The van der Waals surface area contributed by atoms with Crippen molar-refractivity contribution in [3.63, 3.8) is 0 Å². The first kappa shape index (κ1) is 20.3. The minimum absolute atomic E-state index is 0.0443. The Bertz CT molecular complexity index is 799. The lowest BCUT2D eigenvalue weighted by atomic mass is 10.2. The number of aromatic nitrogens is 1. The van der Waals surface area contributed by atoms with E-state index in [0.29, 0.717) is 42.8 Å². The third-order valence-electron chi connectivity index (χ3n) is 4.55. The predicted molar refractivity (Wildman–Crippen MR) is 111 cm³/mol. The molecule has 146 valence electrons. The molecule has 27 heavy (non-hydrogen) atoms. The Kier molecular flexibility index (Phi) is 6.86. The summed E-state index contributed by atoms with van der Waals surface area (Å²) in [5.74, 6) is -0.00765. The van der Waals surface area contributed by atoms with Crippen LogP contribution < -0.4 is 5.32 Å². The molecule has 2 aromatic rings. The van der Waals surface area contributed by atoms with Crippen molar-refractivity contribution < 1.29 is 9.59 Å². The van der Waals surface area contributed by atoms with E-state index >= 15 is 0 Å². The number of rotatable bonds is 6. The van der Waals surface area contributed by atoms with Crippen molar-refractivity contribution in [2.75, 3.05) is 32.7 Å². The fourth-order valence-corrected chi connectivity index (χ4v) is 4.72. The molecule has 0 aromatic carbocycles. The first-order valence-electron chi connectivity index (χ1n) is 8.98. The van der Waals surface area contributed by atoms with E-state index in [9.17, 15) is 9.59 Å². The molecule has 1 atom stereocenters. The van der Waals surface area contributed by atoms with Crippen LogP contribution in [0.15, 0.2) is 17.5 Å². The predicted octanol–water partition coefficient (Wildman–Crippen LogP) is 3.20. The van der Waals surface area contributed by atoms with E-state index in [-0.39, 0.29) is 17.9 Å². The van der Waals surface area contributed by atoms with Crippen molar-refractivity contribution in [3.05, 3.63) is 27.5 Å². The highest BCUT2D eigenvalue weighted by atomic mass is 35.5. The van der Waals surface area contributed by atoms with E-state index in [0.717, 1.165) is 16.3 Å². The Hall–Kier alpha value is -1.48. The Morgan fingerprint density at radius 2 is 2.04 bits per heavy atom. The summed E-state index contributed by atoms with van der Waals surface area (Å²) in [7, 11) is 0. The topological polar surface area (TPSA) is 65.5 Å². The van der Waals surface area contributed by atoms with E-state index < -0.39 is 0 Å². The average molecular weight is 427 g/mol. The molecule has 0 bridgehead atoms. The highest BCUT2D eigenvalue weighted by Crippen LogP contribution is 2.33. The SMILES string of the molecule is CCC(C)NC(=O)CN1CCN(C(=O)c2csc(-c3ccc(Cl)s3)n2)CC1. The standard InChI is InChI=1S/C18H23ClN4O2S2/c1-3-12(2)20-16(24)10-22-6-8-23(9-7-22)18(25)13-11-26-17(21-13)14-4-5-15(19)27-14/h4-5,11-12H,3,6-10H2,1-2H3,(H,20,24). The van der Waals surface area contributed by atoms with Gasteiger partial charge in [-0.1, -0.05) is 18.5 Å². The molecule has 1 saturated heterocycles. The molecule has 0 saturated carbocycles. The molecular formula is C18H23ClN4O2S2. The summed E-state index contributed by atoms with van der Waals surface area (Å²) in [6, 6.07) is 3.95. The highest BCUT2D eigenvalue weighted by Gasteiger charge is 2.25. The average Bonchev–Trinajstić information content (AvgIpc) is 3.30. The van der Waals surface area contributed by atoms with E-state index in [2.05, 4.69) is 15.2 Å². The number of hydrogen-bond acceptors (Lipinski definition) is 6. The van der Waals surface area contributed by atoms with Crippen molar-refractivity contribution in [2.45, 2.75) is 26.3 Å². The number of halogens is 1. The monoisotopic (exact) mass is 426 g/mol. The number of nitrogens with zero attached hydrogens (tertiary/aromatic N) is 3. The van der Waals surface area contributed by atoms with Gasteiger partial charge in [0.1, 0.15) is 10.7 Å². The fourth-order valence-electron chi connectivity index (χ4n) is 2.81. The minimum atomic E-state index is -0.0520. The maximum absolute atomic E-state index is 12.7. The summed E-state index contributed by atoms with van der Waals surface area (Å²) < 4.78 is 0.710. The molecule has 0 radical (unpaired) electrons. The molecule has 6 nitrogen and oxygen atoms in total. The van der Waals surface area contributed by atoms with Crippen LogP contribution in [0.1, 0.15) is 30.8 Å². The number of carbonyl (C=O) groups is 2. The molecule has 1 aliphatic rings. The van der Waals surface area contributed by atoms with E-state index in [1.54, 1.807) is 5.38 Å². The first-order valence-corrected chi connectivity index (χ1v) is 11.1. The van der Waals surface area contributed by atoms with Crippen LogP contribution >= 0.6 is 34.3 Å². The van der Waals surface area contributed by atoms with E-state index in [4.69, 9.17) is 11.6 Å². The highest BCUT2D eigenvalue weighted by molar-refractivity contribution is 7.23. The van der Waals surface area contributed by atoms with Gasteiger partial charge in [0.05, 0.1) is 15.8 Å². The number of amides is 2. The van der Waals surface area contributed by atoms with Gasteiger partial charge in [0.25, 0.3) is 5.91 Å². The van der Waals surface area contributed by atoms with Crippen molar-refractivity contribution in [2.24, 2.45) is 0 Å². The molecule has 1 N–H and O–H groups in total. The fraction of sp³-hybridized carbons (Fsp3) is 0.500. The van der Waals surface area contributed by atoms with Crippen molar-refractivity contribution >= 4 is 46.1 Å². The van der Waals surface area contributed by atoms with Gasteiger partial charge in [-0.2, -0.15) is 0 Å². The second-order valence-corrected chi connectivity index (χ2v) is 9.16. The number of carbonyl (C=O) groups excluding carboxylic acids is 2. The van der Waals surface area contributed by atoms with Gasteiger partial charge < -0.3 is 10.2 Å². The Balaban J connectivity index is 1.51. The van der Waals surface area contributed by atoms with Gasteiger partial charge in [-0.15, -0.1) is 22.7 Å². The van der Waals surface area contributed by atoms with Crippen LogP contribution in [0.2, 0.25) is 4.34 Å². The van der Waals surface area contributed by atoms with E-state index in [1.807, 2.05) is 30.9 Å². The largest absolute Gasteiger partial charge is 0.353 e. The zero-order valence-corrected chi connectivity index (χ0v) is 17.8. The molecular weight excluding hydrogens is 404 g/mol. The van der Waals surface area contributed by atoms with Gasteiger partial charge in [-0.05, 0) is 25.5 Å². The maximum Gasteiger partial charge on any atom is 0.273 e. The Labute approximate surface area is 172 Å². The zero-order valence-electron chi connectivity index (χ0n) is 15.4. The number of thiazole rings is 1. The quantitative estimate of drug-likeness (QED) is 0.770. The summed E-state index contributed by atoms with van der Waals surface area (Å²) in [6.07, 6.45) is 0.918. The summed E-state index contributed by atoms with van der Waals surface area (Å²) in [5, 5.41) is 5.60. The molecule has 1 unspecified atom stereocenters. The lowest BCUT2D eigenvalue weighted by Crippen LogP contribution is -2.51. The number of piperazine rings is 1. The molecule has 9 heteroatoms. The second-order valence-electron chi connectivity index (χ2n) is 6.59. The third-order valence-corrected chi connectivity index (χ3v) is 6.80. The molecule has 2 amide bonds. The van der Waals surface area contributed by atoms with Crippen LogP contribution in [-0.4, -0.2) is 65.4 Å². The van der Waals surface area contributed by atoms with Gasteiger partial charge in [0.15, 0.2) is 0 Å². The van der Waals surface area contributed by atoms with Crippen molar-refractivity contribution in [1.29, 1.82) is 0 Å². The number of thiophene rings is 1. The summed E-state index contributed by atoms with van der Waals surface area (Å²) >= 11 is 8.89. The molecule has 0 aliphatic carbocycles. The van der Waals surface area contributed by atoms with Gasteiger partial charge in [0.2, 0.25) is 5.91 Å². The van der Waals surface area contributed by atoms with E-state index in [1.165, 1.54) is 22.7 Å². The number of hydrogen-bond donors (Lipinski definition) is 1. The second kappa shape index (κ2) is 9.14. The van der Waals surface area contributed by atoms with Crippen LogP contribution in [0, 0.1) is 0 Å². The van der Waals surface area contributed by atoms with Crippen LogP contribution in [0.4, 0.5) is 0 Å². The molecule has 3 rings (SSSR count). The minimum Gasteiger partial charge on any atom is -0.353 e. The lowest BCUT2D eigenvalue weighted by molar-refractivity contribution is -0.123. The summed E-state index contributed by atoms with van der Waals surface area (Å²) in [4.78, 5) is 34.1.